The minimum Gasteiger partial charge on any atom is -0.478 e. The highest BCUT2D eigenvalue weighted by atomic mass is 79.9. The average Bonchev–Trinajstić information content (AvgIpc) is 2.30. The van der Waals surface area contributed by atoms with E-state index in [9.17, 15) is 4.79 Å². The third kappa shape index (κ3) is 3.08. The van der Waals surface area contributed by atoms with Crippen molar-refractivity contribution in [2.24, 2.45) is 0 Å². The van der Waals surface area contributed by atoms with Crippen molar-refractivity contribution < 1.29 is 9.90 Å². The van der Waals surface area contributed by atoms with Gasteiger partial charge in [-0.15, -0.1) is 0 Å². The van der Waals surface area contributed by atoms with Gasteiger partial charge in [-0.05, 0) is 46.3 Å². The molecule has 0 saturated heterocycles. The molecule has 0 atom stereocenters. The fourth-order valence-corrected chi connectivity index (χ4v) is 2.82. The first-order chi connectivity index (χ1) is 8.16. The Morgan fingerprint density at radius 3 is 2.47 bits per heavy atom. The molecule has 3 nitrogen and oxygen atoms in total. The summed E-state index contributed by atoms with van der Waals surface area (Å²) in [4.78, 5) is 16.8. The third-order valence-corrected chi connectivity index (χ3v) is 3.71. The van der Waals surface area contributed by atoms with Crippen molar-refractivity contribution in [3.8, 4) is 0 Å². The van der Waals surface area contributed by atoms with Gasteiger partial charge in [0.05, 0.1) is 5.56 Å². The van der Waals surface area contributed by atoms with Crippen LogP contribution < -0.4 is 0 Å². The number of halogens is 1. The maximum Gasteiger partial charge on any atom is 0.336 e. The molecule has 1 heterocycles. The lowest BCUT2D eigenvalue weighted by Gasteiger charge is -2.04. The number of hydrogen-bond donors (Lipinski definition) is 1. The molecule has 2 rings (SSSR count). The standard InChI is InChI=1S/C12H8BrNO2S/c13-11-7-9(1-2-10(11)12(15)16)17-8-3-5-14-6-4-8/h1-7H,(H,15,16). The summed E-state index contributed by atoms with van der Waals surface area (Å²) in [7, 11) is 0. The molecule has 0 aliphatic heterocycles. The van der Waals surface area contributed by atoms with Gasteiger partial charge in [0.25, 0.3) is 0 Å². The monoisotopic (exact) mass is 309 g/mol. The lowest BCUT2D eigenvalue weighted by Crippen LogP contribution is -1.96. The highest BCUT2D eigenvalue weighted by Crippen LogP contribution is 2.30. The van der Waals surface area contributed by atoms with Crippen molar-refractivity contribution in [2.45, 2.75) is 9.79 Å². The minimum absolute atomic E-state index is 0.268. The van der Waals surface area contributed by atoms with Crippen LogP contribution in [0.3, 0.4) is 0 Å². The maximum absolute atomic E-state index is 10.8. The zero-order chi connectivity index (χ0) is 12.3. The molecule has 2 aromatic rings. The number of carboxylic acids is 1. The first-order valence-corrected chi connectivity index (χ1v) is 6.38. The third-order valence-electron chi connectivity index (χ3n) is 2.06. The van der Waals surface area contributed by atoms with Crippen LogP contribution in [0.5, 0.6) is 0 Å². The van der Waals surface area contributed by atoms with Crippen molar-refractivity contribution in [3.05, 3.63) is 52.8 Å². The lowest BCUT2D eigenvalue weighted by atomic mass is 10.2. The summed E-state index contributed by atoms with van der Waals surface area (Å²) in [6, 6.07) is 9.00. The van der Waals surface area contributed by atoms with Crippen LogP contribution in [0.2, 0.25) is 0 Å². The van der Waals surface area contributed by atoms with Gasteiger partial charge in [0.15, 0.2) is 0 Å². The quantitative estimate of drug-likeness (QED) is 0.939. The Balaban J connectivity index is 2.24. The number of nitrogens with zero attached hydrogens (tertiary/aromatic N) is 1. The zero-order valence-corrected chi connectivity index (χ0v) is 11.0. The minimum atomic E-state index is -0.933. The summed E-state index contributed by atoms with van der Waals surface area (Å²) in [5.41, 5.74) is 0.268. The van der Waals surface area contributed by atoms with Gasteiger partial charge in [0.1, 0.15) is 0 Å². The molecule has 0 amide bonds. The summed E-state index contributed by atoms with van der Waals surface area (Å²) in [5, 5.41) is 8.90. The van der Waals surface area contributed by atoms with Crippen LogP contribution in [0.4, 0.5) is 0 Å². The highest BCUT2D eigenvalue weighted by Gasteiger charge is 2.08. The van der Waals surface area contributed by atoms with Gasteiger partial charge in [-0.2, -0.15) is 0 Å². The molecule has 0 radical (unpaired) electrons. The van der Waals surface area contributed by atoms with E-state index in [-0.39, 0.29) is 5.56 Å². The van der Waals surface area contributed by atoms with E-state index in [1.165, 1.54) is 0 Å². The first-order valence-electron chi connectivity index (χ1n) is 4.77. The lowest BCUT2D eigenvalue weighted by molar-refractivity contribution is 0.0696. The van der Waals surface area contributed by atoms with Crippen LogP contribution in [-0.2, 0) is 0 Å². The van der Waals surface area contributed by atoms with Crippen molar-refractivity contribution in [2.75, 3.05) is 0 Å². The average molecular weight is 310 g/mol. The maximum atomic E-state index is 10.8. The van der Waals surface area contributed by atoms with E-state index in [1.54, 1.807) is 42.4 Å². The van der Waals surface area contributed by atoms with Gasteiger partial charge < -0.3 is 5.11 Å². The van der Waals surface area contributed by atoms with Gasteiger partial charge in [-0.25, -0.2) is 4.79 Å². The van der Waals surface area contributed by atoms with E-state index in [0.29, 0.717) is 4.47 Å². The largest absolute Gasteiger partial charge is 0.478 e. The summed E-state index contributed by atoms with van der Waals surface area (Å²) < 4.78 is 0.587. The van der Waals surface area contributed by atoms with E-state index in [0.717, 1.165) is 9.79 Å². The normalized spacial score (nSPS) is 10.2. The molecule has 1 aromatic carbocycles. The Hall–Kier alpha value is -1.33. The van der Waals surface area contributed by atoms with Crippen molar-refractivity contribution >= 4 is 33.7 Å². The summed E-state index contributed by atoms with van der Waals surface area (Å²) in [5.74, 6) is -0.933. The Morgan fingerprint density at radius 1 is 1.18 bits per heavy atom. The SMILES string of the molecule is O=C(O)c1ccc(Sc2ccncc2)cc1Br. The summed E-state index contributed by atoms with van der Waals surface area (Å²) in [6.07, 6.45) is 3.45. The second kappa shape index (κ2) is 5.33. The van der Waals surface area contributed by atoms with Gasteiger partial charge >= 0.3 is 5.97 Å². The van der Waals surface area contributed by atoms with Crippen molar-refractivity contribution in [3.63, 3.8) is 0 Å². The van der Waals surface area contributed by atoms with Gasteiger partial charge in [0.2, 0.25) is 0 Å². The number of benzene rings is 1. The molecule has 0 aliphatic carbocycles. The molecular weight excluding hydrogens is 302 g/mol. The summed E-state index contributed by atoms with van der Waals surface area (Å²) >= 11 is 4.81. The summed E-state index contributed by atoms with van der Waals surface area (Å²) in [6.45, 7) is 0. The molecule has 0 spiro atoms. The molecule has 0 bridgehead atoms. The Labute approximate surface area is 111 Å². The predicted octanol–water partition coefficient (Wildman–Crippen LogP) is 3.69. The number of carbonyl (C=O) groups is 1. The Morgan fingerprint density at radius 2 is 1.88 bits per heavy atom. The van der Waals surface area contributed by atoms with E-state index in [1.807, 2.05) is 12.1 Å². The highest BCUT2D eigenvalue weighted by molar-refractivity contribution is 9.10. The molecule has 0 unspecified atom stereocenters. The molecule has 0 aliphatic rings. The van der Waals surface area contributed by atoms with Crippen molar-refractivity contribution in [1.82, 2.24) is 4.98 Å². The fourth-order valence-electron chi connectivity index (χ4n) is 1.28. The second-order valence-corrected chi connectivity index (χ2v) is 5.23. The van der Waals surface area contributed by atoms with E-state index < -0.39 is 5.97 Å². The number of hydrogen-bond acceptors (Lipinski definition) is 3. The van der Waals surface area contributed by atoms with Crippen LogP contribution in [0.15, 0.2) is 57.0 Å². The Kier molecular flexibility index (Phi) is 3.81. The molecule has 5 heteroatoms. The first kappa shape index (κ1) is 12.1. The van der Waals surface area contributed by atoms with Gasteiger partial charge in [-0.3, -0.25) is 4.98 Å². The van der Waals surface area contributed by atoms with Crippen LogP contribution >= 0.6 is 27.7 Å². The van der Waals surface area contributed by atoms with E-state index in [2.05, 4.69) is 20.9 Å². The zero-order valence-electron chi connectivity index (χ0n) is 8.63. The van der Waals surface area contributed by atoms with Crippen molar-refractivity contribution in [1.29, 1.82) is 0 Å². The van der Waals surface area contributed by atoms with Crippen LogP contribution in [-0.4, -0.2) is 16.1 Å². The number of rotatable bonds is 3. The van der Waals surface area contributed by atoms with Gasteiger partial charge in [0, 0.05) is 26.7 Å². The fraction of sp³-hybridized carbons (Fsp3) is 0. The van der Waals surface area contributed by atoms with E-state index >= 15 is 0 Å². The Bertz CT molecular complexity index is 545. The predicted molar refractivity (Wildman–Crippen MR) is 69.5 cm³/mol. The smallest absolute Gasteiger partial charge is 0.336 e. The number of pyridine rings is 1. The number of aromatic carboxylic acids is 1. The van der Waals surface area contributed by atoms with Crippen LogP contribution in [0.1, 0.15) is 10.4 Å². The van der Waals surface area contributed by atoms with Crippen LogP contribution in [0.25, 0.3) is 0 Å². The molecular formula is C12H8BrNO2S. The molecule has 86 valence electrons. The van der Waals surface area contributed by atoms with Crippen LogP contribution in [0, 0.1) is 0 Å². The molecule has 0 saturated carbocycles. The second-order valence-electron chi connectivity index (χ2n) is 3.23. The van der Waals surface area contributed by atoms with E-state index in [4.69, 9.17) is 5.11 Å². The molecule has 1 N–H and O–H groups in total. The molecule has 1 aromatic heterocycles. The number of carboxylic acid groups (broad SMARTS) is 1. The topological polar surface area (TPSA) is 50.2 Å². The number of aromatic nitrogens is 1. The molecule has 17 heavy (non-hydrogen) atoms. The molecule has 0 fully saturated rings. The van der Waals surface area contributed by atoms with Gasteiger partial charge in [-0.1, -0.05) is 11.8 Å².